The molecule has 4 nitrogen and oxygen atoms in total. The Kier molecular flexibility index (Phi) is 2.60. The number of nitrogens with zero attached hydrogens (tertiary/aromatic N) is 2. The normalized spacial score (nSPS) is 13.8. The second kappa shape index (κ2) is 3.99. The van der Waals surface area contributed by atoms with Crippen molar-refractivity contribution in [2.24, 2.45) is 0 Å². The van der Waals surface area contributed by atoms with Crippen molar-refractivity contribution in [3.8, 4) is 0 Å². The Bertz CT molecular complexity index is 668. The zero-order valence-electron chi connectivity index (χ0n) is 8.83. The zero-order chi connectivity index (χ0) is 12.0. The highest BCUT2D eigenvalue weighted by Gasteiger charge is 2.18. The van der Waals surface area contributed by atoms with E-state index in [0.29, 0.717) is 22.4 Å². The smallest absolute Gasteiger partial charge is 0.349 e. The summed E-state index contributed by atoms with van der Waals surface area (Å²) in [5.74, 6) is 0.822. The average Bonchev–Trinajstić information content (AvgIpc) is 2.81. The lowest BCUT2D eigenvalue weighted by atomic mass is 10.1. The Balaban J connectivity index is 2.45. The zero-order valence-corrected chi connectivity index (χ0v) is 11.2. The van der Waals surface area contributed by atoms with Crippen molar-refractivity contribution < 1.29 is 0 Å². The first-order chi connectivity index (χ1) is 8.22. The Hall–Kier alpha value is -1.07. The fraction of sp³-hybridized carbons (Fsp3) is 0.273. The van der Waals surface area contributed by atoms with Crippen molar-refractivity contribution >= 4 is 44.3 Å². The van der Waals surface area contributed by atoms with E-state index in [1.165, 1.54) is 0 Å². The van der Waals surface area contributed by atoms with Crippen LogP contribution < -0.4 is 11.0 Å². The van der Waals surface area contributed by atoms with Crippen LogP contribution in [0.3, 0.4) is 0 Å². The van der Waals surface area contributed by atoms with E-state index in [2.05, 4.69) is 26.2 Å². The van der Waals surface area contributed by atoms with E-state index in [1.54, 1.807) is 4.57 Å². The van der Waals surface area contributed by atoms with Crippen molar-refractivity contribution in [2.75, 3.05) is 11.9 Å². The Labute approximate surface area is 111 Å². The molecule has 0 aliphatic carbocycles. The molecular weight excluding hydrogens is 305 g/mol. The van der Waals surface area contributed by atoms with Crippen LogP contribution >= 0.6 is 27.5 Å². The number of rotatable bonds is 1. The lowest BCUT2D eigenvalue weighted by Gasteiger charge is -2.09. The quantitative estimate of drug-likeness (QED) is 0.822. The van der Waals surface area contributed by atoms with Crippen LogP contribution in [0.1, 0.15) is 5.56 Å². The van der Waals surface area contributed by atoms with Crippen LogP contribution in [0.25, 0.3) is 10.9 Å². The molecule has 0 saturated carbocycles. The Morgan fingerprint density at radius 1 is 1.53 bits per heavy atom. The molecule has 88 valence electrons. The third kappa shape index (κ3) is 1.57. The minimum Gasteiger partial charge on any atom is -0.369 e. The molecule has 2 heterocycles. The monoisotopic (exact) mass is 313 g/mol. The Morgan fingerprint density at radius 3 is 3.12 bits per heavy atom. The van der Waals surface area contributed by atoms with Gasteiger partial charge in [-0.1, -0.05) is 33.6 Å². The summed E-state index contributed by atoms with van der Waals surface area (Å²) in [5.41, 5.74) is 1.27. The van der Waals surface area contributed by atoms with Gasteiger partial charge in [0, 0.05) is 23.8 Å². The second-order valence-electron chi connectivity index (χ2n) is 3.89. The van der Waals surface area contributed by atoms with Crippen molar-refractivity contribution in [1.82, 2.24) is 9.55 Å². The van der Waals surface area contributed by atoms with Crippen molar-refractivity contribution in [3.05, 3.63) is 33.2 Å². The van der Waals surface area contributed by atoms with Gasteiger partial charge in [0.2, 0.25) is 0 Å². The maximum atomic E-state index is 11.8. The number of nitrogens with one attached hydrogen (secondary N) is 1. The number of aromatic nitrogens is 2. The van der Waals surface area contributed by atoms with Crippen LogP contribution in [-0.4, -0.2) is 16.1 Å². The first-order valence-corrected chi connectivity index (χ1v) is 6.74. The van der Waals surface area contributed by atoms with E-state index in [0.717, 1.165) is 23.3 Å². The third-order valence-corrected chi connectivity index (χ3v) is 3.96. The number of alkyl halides is 1. The van der Waals surface area contributed by atoms with E-state index < -0.39 is 0 Å². The van der Waals surface area contributed by atoms with Gasteiger partial charge in [-0.3, -0.25) is 4.57 Å². The molecule has 1 aliphatic rings. The molecule has 0 saturated heterocycles. The standard InChI is InChI=1S/C11H9BrClN3O/c12-5-6-1-2-7-9(8(6)13)15-11(17)16-4-3-14-10(7)16/h1-2,14H,3-5H2. The fourth-order valence-corrected chi connectivity index (χ4v) is 2.99. The van der Waals surface area contributed by atoms with Gasteiger partial charge >= 0.3 is 5.69 Å². The number of hydrogen-bond acceptors (Lipinski definition) is 3. The van der Waals surface area contributed by atoms with Crippen LogP contribution in [0.15, 0.2) is 16.9 Å². The van der Waals surface area contributed by atoms with Crippen LogP contribution in [0, 0.1) is 0 Å². The van der Waals surface area contributed by atoms with E-state index in [-0.39, 0.29) is 5.69 Å². The van der Waals surface area contributed by atoms with Gasteiger partial charge in [0.25, 0.3) is 0 Å². The summed E-state index contributed by atoms with van der Waals surface area (Å²) in [4.78, 5) is 15.9. The molecular formula is C11H9BrClN3O. The summed E-state index contributed by atoms with van der Waals surface area (Å²) in [5, 5.41) is 5.30. The minimum atomic E-state index is -0.244. The highest BCUT2D eigenvalue weighted by molar-refractivity contribution is 9.08. The summed E-state index contributed by atoms with van der Waals surface area (Å²) < 4.78 is 1.65. The molecule has 3 rings (SSSR count). The predicted octanol–water partition coefficient (Wildman–Crippen LogP) is 2.37. The predicted molar refractivity (Wildman–Crippen MR) is 72.1 cm³/mol. The summed E-state index contributed by atoms with van der Waals surface area (Å²) in [6.07, 6.45) is 0. The van der Waals surface area contributed by atoms with Gasteiger partial charge in [-0.15, -0.1) is 0 Å². The largest absolute Gasteiger partial charge is 0.369 e. The molecule has 0 spiro atoms. The van der Waals surface area contributed by atoms with Gasteiger partial charge in [-0.05, 0) is 11.6 Å². The van der Waals surface area contributed by atoms with Gasteiger partial charge in [-0.25, -0.2) is 4.79 Å². The molecule has 0 unspecified atom stereocenters. The summed E-state index contributed by atoms with van der Waals surface area (Å²) in [7, 11) is 0. The number of hydrogen-bond donors (Lipinski definition) is 1. The van der Waals surface area contributed by atoms with E-state index in [1.807, 2.05) is 12.1 Å². The molecule has 0 radical (unpaired) electrons. The van der Waals surface area contributed by atoms with Crippen molar-refractivity contribution in [3.63, 3.8) is 0 Å². The van der Waals surface area contributed by atoms with Gasteiger partial charge in [0.15, 0.2) is 0 Å². The van der Waals surface area contributed by atoms with Crippen LogP contribution in [-0.2, 0) is 11.9 Å². The van der Waals surface area contributed by atoms with Crippen LogP contribution in [0.4, 0.5) is 5.82 Å². The molecule has 0 atom stereocenters. The molecule has 6 heteroatoms. The average molecular weight is 315 g/mol. The summed E-state index contributed by atoms with van der Waals surface area (Å²) in [6, 6.07) is 3.90. The lowest BCUT2D eigenvalue weighted by molar-refractivity contribution is 0.750. The molecule has 0 amide bonds. The van der Waals surface area contributed by atoms with Crippen molar-refractivity contribution in [2.45, 2.75) is 11.9 Å². The first kappa shape index (κ1) is 11.0. The third-order valence-electron chi connectivity index (χ3n) is 2.93. The second-order valence-corrected chi connectivity index (χ2v) is 4.83. The number of benzene rings is 1. The molecule has 1 aromatic heterocycles. The maximum Gasteiger partial charge on any atom is 0.349 e. The first-order valence-electron chi connectivity index (χ1n) is 5.24. The summed E-state index contributed by atoms with van der Waals surface area (Å²) in [6.45, 7) is 1.42. The van der Waals surface area contributed by atoms with E-state index >= 15 is 0 Å². The van der Waals surface area contributed by atoms with Crippen LogP contribution in [0.5, 0.6) is 0 Å². The number of fused-ring (bicyclic) bond motifs is 3. The van der Waals surface area contributed by atoms with Gasteiger partial charge in [-0.2, -0.15) is 4.98 Å². The highest BCUT2D eigenvalue weighted by Crippen LogP contribution is 2.31. The van der Waals surface area contributed by atoms with Crippen LogP contribution in [0.2, 0.25) is 5.02 Å². The SMILES string of the molecule is O=c1nc2c(Cl)c(CBr)ccc2c2n1CCN2. The number of halogens is 2. The maximum absolute atomic E-state index is 11.8. The van der Waals surface area contributed by atoms with Gasteiger partial charge in [0.1, 0.15) is 5.82 Å². The molecule has 1 aliphatic heterocycles. The molecule has 2 aromatic rings. The summed E-state index contributed by atoms with van der Waals surface area (Å²) >= 11 is 9.61. The van der Waals surface area contributed by atoms with Gasteiger partial charge in [0.05, 0.1) is 10.5 Å². The highest BCUT2D eigenvalue weighted by atomic mass is 79.9. The van der Waals surface area contributed by atoms with E-state index in [4.69, 9.17) is 11.6 Å². The minimum absolute atomic E-state index is 0.244. The topological polar surface area (TPSA) is 46.9 Å². The molecule has 0 bridgehead atoms. The Morgan fingerprint density at radius 2 is 2.35 bits per heavy atom. The molecule has 1 aromatic carbocycles. The van der Waals surface area contributed by atoms with Gasteiger partial charge < -0.3 is 5.32 Å². The lowest BCUT2D eigenvalue weighted by Crippen LogP contribution is -2.21. The number of anilines is 1. The molecule has 1 N–H and O–H groups in total. The molecule has 17 heavy (non-hydrogen) atoms. The fourth-order valence-electron chi connectivity index (χ4n) is 2.09. The van der Waals surface area contributed by atoms with E-state index in [9.17, 15) is 4.79 Å². The molecule has 0 fully saturated rings. The van der Waals surface area contributed by atoms with Crippen molar-refractivity contribution in [1.29, 1.82) is 0 Å².